The number of H-pyrrole nitrogens is 1. The van der Waals surface area contributed by atoms with Gasteiger partial charge in [0, 0.05) is 17.6 Å². The smallest absolute Gasteiger partial charge is 0.270 e. The highest BCUT2D eigenvalue weighted by Crippen LogP contribution is 2.14. The number of aromatic nitrogens is 1. The van der Waals surface area contributed by atoms with Crippen LogP contribution < -0.4 is 10.9 Å². The van der Waals surface area contributed by atoms with Crippen LogP contribution in [0.25, 0.3) is 10.8 Å². The van der Waals surface area contributed by atoms with Crippen molar-refractivity contribution in [1.82, 2.24) is 9.88 Å². The number of nitrogens with one attached hydrogen (secondary N) is 2. The molecular formula is C22H23N3O3. The fourth-order valence-electron chi connectivity index (χ4n) is 3.09. The van der Waals surface area contributed by atoms with E-state index in [9.17, 15) is 14.4 Å². The fourth-order valence-corrected chi connectivity index (χ4v) is 3.09. The topological polar surface area (TPSA) is 82.3 Å². The molecule has 0 atom stereocenters. The number of rotatable bonds is 6. The molecule has 3 rings (SSSR count). The Labute approximate surface area is 163 Å². The van der Waals surface area contributed by atoms with Crippen molar-refractivity contribution in [2.75, 3.05) is 18.4 Å². The first kappa shape index (κ1) is 19.4. The van der Waals surface area contributed by atoms with Crippen molar-refractivity contribution >= 4 is 28.3 Å². The van der Waals surface area contributed by atoms with Crippen LogP contribution >= 0.6 is 0 Å². The number of carbonyl (C=O) groups excluding carboxylic acids is 2. The highest BCUT2D eigenvalue weighted by Gasteiger charge is 2.20. The summed E-state index contributed by atoms with van der Waals surface area (Å²) in [6.45, 7) is 4.16. The van der Waals surface area contributed by atoms with Crippen LogP contribution in [0, 0.1) is 6.92 Å². The Kier molecular flexibility index (Phi) is 5.89. The summed E-state index contributed by atoms with van der Waals surface area (Å²) in [4.78, 5) is 41.8. The molecule has 0 bridgehead atoms. The second-order valence-corrected chi connectivity index (χ2v) is 6.69. The quantitative estimate of drug-likeness (QED) is 0.691. The number of carbonyl (C=O) groups is 2. The van der Waals surface area contributed by atoms with Gasteiger partial charge in [0.25, 0.3) is 11.5 Å². The van der Waals surface area contributed by atoms with Gasteiger partial charge in [-0.1, -0.05) is 43.3 Å². The molecule has 0 spiro atoms. The Hall–Kier alpha value is -3.41. The second kappa shape index (κ2) is 8.52. The summed E-state index contributed by atoms with van der Waals surface area (Å²) < 4.78 is 0. The average Bonchev–Trinajstić information content (AvgIpc) is 2.69. The van der Waals surface area contributed by atoms with Gasteiger partial charge in [-0.05, 0) is 42.5 Å². The normalized spacial score (nSPS) is 10.6. The standard InChI is InChI=1S/C22H23N3O3/c1-3-12-25(14-20(26)23-18-11-7-4-8-15(18)2)22(28)19-13-16-9-5-6-10-17(16)21(27)24-19/h4-11,13H,3,12,14H2,1-2H3,(H,23,26)(H,24,27). The van der Waals surface area contributed by atoms with E-state index in [1.807, 2.05) is 44.2 Å². The van der Waals surface area contributed by atoms with E-state index in [1.165, 1.54) is 4.90 Å². The molecule has 0 radical (unpaired) electrons. The molecule has 3 aromatic rings. The molecule has 0 unspecified atom stereocenters. The van der Waals surface area contributed by atoms with Gasteiger partial charge in [-0.15, -0.1) is 0 Å². The summed E-state index contributed by atoms with van der Waals surface area (Å²) in [5, 5.41) is 4.06. The van der Waals surface area contributed by atoms with E-state index in [2.05, 4.69) is 10.3 Å². The molecule has 28 heavy (non-hydrogen) atoms. The molecule has 2 N–H and O–H groups in total. The van der Waals surface area contributed by atoms with Crippen molar-refractivity contribution in [3.05, 3.63) is 76.2 Å². The maximum Gasteiger partial charge on any atom is 0.270 e. The van der Waals surface area contributed by atoms with Crippen molar-refractivity contribution in [3.8, 4) is 0 Å². The van der Waals surface area contributed by atoms with Crippen LogP contribution in [0.1, 0.15) is 29.4 Å². The lowest BCUT2D eigenvalue weighted by atomic mass is 10.1. The molecule has 0 aliphatic rings. The SMILES string of the molecule is CCCN(CC(=O)Nc1ccccc1C)C(=O)c1cc2ccccc2c(=O)[nH]1. The number of amides is 2. The molecule has 6 heteroatoms. The number of nitrogens with zero attached hydrogens (tertiary/aromatic N) is 1. The Morgan fingerprint density at radius 3 is 2.54 bits per heavy atom. The lowest BCUT2D eigenvalue weighted by Crippen LogP contribution is -2.39. The number of para-hydroxylation sites is 1. The molecule has 0 saturated heterocycles. The molecule has 6 nitrogen and oxygen atoms in total. The number of aryl methyl sites for hydroxylation is 1. The van der Waals surface area contributed by atoms with Crippen LogP contribution in [0.3, 0.4) is 0 Å². The van der Waals surface area contributed by atoms with E-state index in [0.29, 0.717) is 23.7 Å². The van der Waals surface area contributed by atoms with E-state index in [-0.39, 0.29) is 29.6 Å². The van der Waals surface area contributed by atoms with Crippen LogP contribution in [0.4, 0.5) is 5.69 Å². The van der Waals surface area contributed by atoms with Gasteiger partial charge in [-0.25, -0.2) is 0 Å². The van der Waals surface area contributed by atoms with Gasteiger partial charge in [0.2, 0.25) is 5.91 Å². The minimum absolute atomic E-state index is 0.0874. The minimum Gasteiger partial charge on any atom is -0.328 e. The van der Waals surface area contributed by atoms with Gasteiger partial charge in [-0.3, -0.25) is 14.4 Å². The van der Waals surface area contributed by atoms with E-state index >= 15 is 0 Å². The van der Waals surface area contributed by atoms with Crippen molar-refractivity contribution in [2.24, 2.45) is 0 Å². The zero-order valence-electron chi connectivity index (χ0n) is 16.0. The van der Waals surface area contributed by atoms with E-state index in [0.717, 1.165) is 11.3 Å². The van der Waals surface area contributed by atoms with E-state index in [4.69, 9.17) is 0 Å². The minimum atomic E-state index is -0.371. The molecule has 0 fully saturated rings. The number of hydrogen-bond acceptors (Lipinski definition) is 3. The molecule has 0 saturated carbocycles. The lowest BCUT2D eigenvalue weighted by molar-refractivity contribution is -0.116. The maximum absolute atomic E-state index is 13.0. The third-order valence-electron chi connectivity index (χ3n) is 4.52. The second-order valence-electron chi connectivity index (χ2n) is 6.69. The first-order chi connectivity index (χ1) is 13.5. The Balaban J connectivity index is 1.81. The van der Waals surface area contributed by atoms with Crippen molar-refractivity contribution in [3.63, 3.8) is 0 Å². The van der Waals surface area contributed by atoms with Crippen LogP contribution in [0.2, 0.25) is 0 Å². The molecule has 2 aromatic carbocycles. The molecule has 1 aromatic heterocycles. The van der Waals surface area contributed by atoms with Crippen molar-refractivity contribution in [2.45, 2.75) is 20.3 Å². The van der Waals surface area contributed by atoms with Gasteiger partial charge in [0.1, 0.15) is 12.2 Å². The number of aromatic amines is 1. The van der Waals surface area contributed by atoms with E-state index < -0.39 is 0 Å². The van der Waals surface area contributed by atoms with Crippen LogP contribution in [-0.4, -0.2) is 34.8 Å². The summed E-state index contributed by atoms with van der Waals surface area (Å²) >= 11 is 0. The number of hydrogen-bond donors (Lipinski definition) is 2. The van der Waals surface area contributed by atoms with Gasteiger partial charge >= 0.3 is 0 Å². The number of pyridine rings is 1. The fraction of sp³-hybridized carbons (Fsp3) is 0.227. The third-order valence-corrected chi connectivity index (χ3v) is 4.52. The molecule has 1 heterocycles. The van der Waals surface area contributed by atoms with Gasteiger partial charge in [-0.2, -0.15) is 0 Å². The summed E-state index contributed by atoms with van der Waals surface area (Å²) in [5.41, 5.74) is 1.53. The highest BCUT2D eigenvalue weighted by atomic mass is 16.2. The number of fused-ring (bicyclic) bond motifs is 1. The molecular weight excluding hydrogens is 354 g/mol. The van der Waals surface area contributed by atoms with Crippen molar-refractivity contribution < 1.29 is 9.59 Å². The Bertz CT molecular complexity index is 1070. The summed E-state index contributed by atoms with van der Waals surface area (Å²) in [7, 11) is 0. The molecule has 0 aliphatic carbocycles. The van der Waals surface area contributed by atoms with Crippen LogP contribution in [-0.2, 0) is 4.79 Å². The maximum atomic E-state index is 13.0. The van der Waals surface area contributed by atoms with Gasteiger partial charge in [0.15, 0.2) is 0 Å². The average molecular weight is 377 g/mol. The third kappa shape index (κ3) is 4.28. The first-order valence-corrected chi connectivity index (χ1v) is 9.26. The Morgan fingerprint density at radius 2 is 1.79 bits per heavy atom. The largest absolute Gasteiger partial charge is 0.328 e. The number of benzene rings is 2. The van der Waals surface area contributed by atoms with E-state index in [1.54, 1.807) is 24.3 Å². The van der Waals surface area contributed by atoms with Gasteiger partial charge in [0.05, 0.1) is 0 Å². The predicted octanol–water partition coefficient (Wildman–Crippen LogP) is 3.33. The molecule has 2 amide bonds. The lowest BCUT2D eigenvalue weighted by Gasteiger charge is -2.22. The number of anilines is 1. The Morgan fingerprint density at radius 1 is 1.07 bits per heavy atom. The van der Waals surface area contributed by atoms with Gasteiger partial charge < -0.3 is 15.2 Å². The molecule has 144 valence electrons. The predicted molar refractivity (Wildman–Crippen MR) is 111 cm³/mol. The van der Waals surface area contributed by atoms with Crippen LogP contribution in [0.15, 0.2) is 59.4 Å². The summed E-state index contributed by atoms with van der Waals surface area (Å²) in [5.74, 6) is -0.649. The zero-order valence-corrected chi connectivity index (χ0v) is 16.0. The summed E-state index contributed by atoms with van der Waals surface area (Å²) in [6, 6.07) is 16.2. The summed E-state index contributed by atoms with van der Waals surface area (Å²) in [6.07, 6.45) is 0.696. The van der Waals surface area contributed by atoms with Crippen molar-refractivity contribution in [1.29, 1.82) is 0 Å². The first-order valence-electron chi connectivity index (χ1n) is 9.26. The zero-order chi connectivity index (χ0) is 20.1. The van der Waals surface area contributed by atoms with Crippen LogP contribution in [0.5, 0.6) is 0 Å². The highest BCUT2D eigenvalue weighted by molar-refractivity contribution is 6.00. The molecule has 0 aliphatic heterocycles. The monoisotopic (exact) mass is 377 g/mol.